The molecule has 0 saturated carbocycles. The lowest BCUT2D eigenvalue weighted by molar-refractivity contribution is 0.0945. The van der Waals surface area contributed by atoms with E-state index in [1.165, 1.54) is 11.3 Å². The molecule has 0 unspecified atom stereocenters. The molecule has 2 N–H and O–H groups in total. The molecular weight excluding hydrogens is 450 g/mol. The number of benzene rings is 1. The number of carbonyl (C=O) groups is 1. The number of pyridine rings is 1. The zero-order valence-electron chi connectivity index (χ0n) is 17.6. The zero-order valence-corrected chi connectivity index (χ0v) is 19.2. The van der Waals surface area contributed by atoms with Gasteiger partial charge in [-0.05, 0) is 36.2 Å². The van der Waals surface area contributed by atoms with Crippen molar-refractivity contribution in [3.8, 4) is 11.9 Å². The molecule has 0 aliphatic carbocycles. The fourth-order valence-corrected chi connectivity index (χ4v) is 4.85. The maximum absolute atomic E-state index is 12.7. The van der Waals surface area contributed by atoms with Crippen LogP contribution >= 0.6 is 22.9 Å². The van der Waals surface area contributed by atoms with Gasteiger partial charge in [-0.2, -0.15) is 15.0 Å². The molecule has 0 saturated heterocycles. The predicted octanol–water partition coefficient (Wildman–Crippen LogP) is 4.08. The summed E-state index contributed by atoms with van der Waals surface area (Å²) in [6.07, 6.45) is 0.866. The Labute approximate surface area is 192 Å². The first-order valence-corrected chi connectivity index (χ1v) is 11.3. The second-order valence-corrected chi connectivity index (χ2v) is 8.99. The number of amides is 1. The summed E-state index contributed by atoms with van der Waals surface area (Å²) in [5, 5.41) is 8.52. The van der Waals surface area contributed by atoms with Gasteiger partial charge >= 0.3 is 6.01 Å². The van der Waals surface area contributed by atoms with Gasteiger partial charge in [-0.1, -0.05) is 6.92 Å². The van der Waals surface area contributed by atoms with Crippen molar-refractivity contribution in [1.82, 2.24) is 25.3 Å². The molecule has 4 heterocycles. The standard InChI is InChI=1S/C21H20ClN7O2S/c1-4-10-9-23-16-15-11-5-8-14(31-21-27-19(22)26-20(28-21)29(2)3)25-12(11)6-7-13(15)32-17(16)18(30)24-10/h5-8,10,23H,4,9H2,1-3H3,(H,24,30)/t10-/m1/s1. The normalized spacial score (nSPS) is 15.8. The number of hydrogen-bond acceptors (Lipinski definition) is 9. The van der Waals surface area contributed by atoms with Crippen LogP contribution in [0.2, 0.25) is 5.28 Å². The first-order chi connectivity index (χ1) is 15.4. The minimum atomic E-state index is -0.0393. The number of nitrogens with zero attached hydrogens (tertiary/aromatic N) is 5. The van der Waals surface area contributed by atoms with Gasteiger partial charge in [0.15, 0.2) is 0 Å². The monoisotopic (exact) mass is 469 g/mol. The van der Waals surface area contributed by atoms with Gasteiger partial charge in [0.05, 0.1) is 11.2 Å². The summed E-state index contributed by atoms with van der Waals surface area (Å²) in [7, 11) is 3.60. The smallest absolute Gasteiger partial charge is 0.329 e. The van der Waals surface area contributed by atoms with Crippen LogP contribution in [0.15, 0.2) is 24.3 Å². The van der Waals surface area contributed by atoms with Crippen LogP contribution in [0.1, 0.15) is 23.0 Å². The average Bonchev–Trinajstić information content (AvgIpc) is 3.07. The van der Waals surface area contributed by atoms with E-state index in [-0.39, 0.29) is 23.2 Å². The highest BCUT2D eigenvalue weighted by atomic mass is 35.5. The lowest BCUT2D eigenvalue weighted by Gasteiger charge is -2.13. The molecule has 164 valence electrons. The van der Waals surface area contributed by atoms with Gasteiger partial charge < -0.3 is 20.3 Å². The topological polar surface area (TPSA) is 105 Å². The van der Waals surface area contributed by atoms with E-state index in [1.54, 1.807) is 25.1 Å². The van der Waals surface area contributed by atoms with Gasteiger partial charge in [0, 0.05) is 48.2 Å². The summed E-state index contributed by atoms with van der Waals surface area (Å²) in [5.41, 5.74) is 1.60. The molecule has 1 atom stereocenters. The number of anilines is 2. The zero-order chi connectivity index (χ0) is 22.4. The van der Waals surface area contributed by atoms with Crippen molar-refractivity contribution in [1.29, 1.82) is 0 Å². The number of carbonyl (C=O) groups excluding carboxylic acids is 1. The number of halogens is 1. The number of ether oxygens (including phenoxy) is 1. The van der Waals surface area contributed by atoms with E-state index in [4.69, 9.17) is 16.3 Å². The number of hydrogen-bond donors (Lipinski definition) is 2. The van der Waals surface area contributed by atoms with E-state index in [2.05, 4.69) is 37.5 Å². The van der Waals surface area contributed by atoms with Crippen LogP contribution in [-0.4, -0.2) is 52.5 Å². The molecule has 1 aliphatic heterocycles. The third-order valence-electron chi connectivity index (χ3n) is 5.23. The Morgan fingerprint density at radius 2 is 2.03 bits per heavy atom. The Morgan fingerprint density at radius 3 is 2.81 bits per heavy atom. The summed E-state index contributed by atoms with van der Waals surface area (Å²) in [6, 6.07) is 7.75. The van der Waals surface area contributed by atoms with Gasteiger partial charge in [0.25, 0.3) is 5.91 Å². The number of fused-ring (bicyclic) bond motifs is 5. The van der Waals surface area contributed by atoms with Gasteiger partial charge in [0.2, 0.25) is 17.1 Å². The number of aromatic nitrogens is 4. The Hall–Kier alpha value is -3.24. The number of thiophene rings is 1. The van der Waals surface area contributed by atoms with Crippen LogP contribution in [0.3, 0.4) is 0 Å². The van der Waals surface area contributed by atoms with Crippen molar-refractivity contribution in [2.45, 2.75) is 19.4 Å². The molecule has 4 aromatic rings. The fraction of sp³-hybridized carbons (Fsp3) is 0.286. The Morgan fingerprint density at radius 1 is 1.19 bits per heavy atom. The quantitative estimate of drug-likeness (QED) is 0.460. The second kappa shape index (κ2) is 8.03. The largest absolute Gasteiger partial charge is 0.405 e. The van der Waals surface area contributed by atoms with Crippen LogP contribution in [0.5, 0.6) is 11.9 Å². The predicted molar refractivity (Wildman–Crippen MR) is 126 cm³/mol. The molecule has 1 aliphatic rings. The van der Waals surface area contributed by atoms with Gasteiger partial charge in [-0.15, -0.1) is 11.3 Å². The lowest BCUT2D eigenvalue weighted by Crippen LogP contribution is -2.36. The average molecular weight is 470 g/mol. The summed E-state index contributed by atoms with van der Waals surface area (Å²) in [4.78, 5) is 32.1. The van der Waals surface area contributed by atoms with Crippen molar-refractivity contribution in [2.75, 3.05) is 30.9 Å². The van der Waals surface area contributed by atoms with Crippen LogP contribution in [0.25, 0.3) is 21.0 Å². The molecule has 0 fully saturated rings. The first kappa shape index (κ1) is 20.7. The maximum atomic E-state index is 12.7. The van der Waals surface area contributed by atoms with E-state index in [1.807, 2.05) is 18.2 Å². The Balaban J connectivity index is 1.55. The van der Waals surface area contributed by atoms with Crippen molar-refractivity contribution in [3.05, 3.63) is 34.4 Å². The molecule has 9 nitrogen and oxygen atoms in total. The molecule has 1 amide bonds. The molecule has 1 aromatic carbocycles. The molecule has 3 aromatic heterocycles. The minimum Gasteiger partial charge on any atom is -0.405 e. The molecule has 0 bridgehead atoms. The highest BCUT2D eigenvalue weighted by molar-refractivity contribution is 7.21. The van der Waals surface area contributed by atoms with E-state index in [0.717, 1.165) is 33.1 Å². The maximum Gasteiger partial charge on any atom is 0.329 e. The van der Waals surface area contributed by atoms with Gasteiger partial charge in [0.1, 0.15) is 4.88 Å². The van der Waals surface area contributed by atoms with E-state index in [9.17, 15) is 4.79 Å². The second-order valence-electron chi connectivity index (χ2n) is 7.60. The summed E-state index contributed by atoms with van der Waals surface area (Å²) in [6.45, 7) is 2.74. The van der Waals surface area contributed by atoms with Gasteiger partial charge in [-0.3, -0.25) is 4.79 Å². The summed E-state index contributed by atoms with van der Waals surface area (Å²) >= 11 is 7.48. The minimum absolute atomic E-state index is 0.0388. The van der Waals surface area contributed by atoms with E-state index >= 15 is 0 Å². The third-order valence-corrected chi connectivity index (χ3v) is 6.55. The highest BCUT2D eigenvalue weighted by Crippen LogP contribution is 2.41. The SMILES string of the molecule is CC[C@@H]1CNc2c(sc3ccc4nc(Oc5nc(Cl)nc(N(C)C)n5)ccc4c23)C(=O)N1. The van der Waals surface area contributed by atoms with Crippen LogP contribution in [-0.2, 0) is 0 Å². The molecule has 5 rings (SSSR count). The Bertz CT molecular complexity index is 1360. The number of nitrogens with one attached hydrogen (secondary N) is 2. The summed E-state index contributed by atoms with van der Waals surface area (Å²) in [5.74, 6) is 0.683. The molecule has 0 spiro atoms. The van der Waals surface area contributed by atoms with Crippen molar-refractivity contribution >= 4 is 61.5 Å². The van der Waals surface area contributed by atoms with Crippen LogP contribution < -0.4 is 20.3 Å². The van der Waals surface area contributed by atoms with Crippen LogP contribution in [0.4, 0.5) is 11.6 Å². The molecular formula is C21H20ClN7O2S. The molecule has 32 heavy (non-hydrogen) atoms. The Kier molecular flexibility index (Phi) is 5.18. The van der Waals surface area contributed by atoms with Gasteiger partial charge in [-0.25, -0.2) is 4.98 Å². The van der Waals surface area contributed by atoms with Crippen molar-refractivity contribution in [3.63, 3.8) is 0 Å². The van der Waals surface area contributed by atoms with E-state index in [0.29, 0.717) is 23.3 Å². The molecule has 0 radical (unpaired) electrons. The summed E-state index contributed by atoms with van der Waals surface area (Å²) < 4.78 is 6.79. The molecule has 11 heteroatoms. The first-order valence-electron chi connectivity index (χ1n) is 10.1. The number of rotatable bonds is 4. The lowest BCUT2D eigenvalue weighted by atomic mass is 10.1. The van der Waals surface area contributed by atoms with E-state index < -0.39 is 0 Å². The van der Waals surface area contributed by atoms with Crippen molar-refractivity contribution in [2.24, 2.45) is 0 Å². The highest BCUT2D eigenvalue weighted by Gasteiger charge is 2.25. The third kappa shape index (κ3) is 3.65. The fourth-order valence-electron chi connectivity index (χ4n) is 3.60. The van der Waals surface area contributed by atoms with Crippen LogP contribution in [0, 0.1) is 0 Å². The van der Waals surface area contributed by atoms with Crippen molar-refractivity contribution < 1.29 is 9.53 Å².